The van der Waals surface area contributed by atoms with Gasteiger partial charge >= 0.3 is 11.9 Å². The van der Waals surface area contributed by atoms with E-state index in [1.807, 2.05) is 0 Å². The smallest absolute Gasteiger partial charge is 0.338 e. The summed E-state index contributed by atoms with van der Waals surface area (Å²) < 4.78 is 6.13. The fraction of sp³-hybridized carbons (Fsp3) is 0.368. The van der Waals surface area contributed by atoms with Gasteiger partial charge in [-0.1, -0.05) is 12.1 Å². The van der Waals surface area contributed by atoms with Crippen molar-refractivity contribution in [2.45, 2.75) is 18.9 Å². The Bertz CT molecular complexity index is 934. The first-order chi connectivity index (χ1) is 13.0. The second-order valence-electron chi connectivity index (χ2n) is 6.86. The molecule has 1 unspecified atom stereocenters. The van der Waals surface area contributed by atoms with Gasteiger partial charge in [0.05, 0.1) is 16.6 Å². The van der Waals surface area contributed by atoms with E-state index in [-0.39, 0.29) is 17.7 Å². The third-order valence-corrected chi connectivity index (χ3v) is 5.15. The molecule has 3 saturated heterocycles. The Balaban J connectivity index is 1.79. The molecule has 4 heterocycles. The zero-order valence-electron chi connectivity index (χ0n) is 14.5. The average molecular weight is 369 g/mol. The van der Waals surface area contributed by atoms with Crippen molar-refractivity contribution >= 4 is 28.5 Å². The third-order valence-electron chi connectivity index (χ3n) is 5.15. The molecule has 8 heteroatoms. The van der Waals surface area contributed by atoms with Crippen LogP contribution in [0.2, 0.25) is 0 Å². The van der Waals surface area contributed by atoms with Gasteiger partial charge in [0.1, 0.15) is 11.8 Å². The Morgan fingerprint density at radius 2 is 1.78 bits per heavy atom. The van der Waals surface area contributed by atoms with E-state index in [2.05, 4.69) is 14.9 Å². The zero-order valence-corrected chi connectivity index (χ0v) is 14.5. The summed E-state index contributed by atoms with van der Waals surface area (Å²) in [5, 5.41) is 18.6. The highest BCUT2D eigenvalue weighted by atomic mass is 16.5. The van der Waals surface area contributed by atoms with Crippen molar-refractivity contribution in [2.75, 3.05) is 19.6 Å². The summed E-state index contributed by atoms with van der Waals surface area (Å²) in [6.07, 6.45) is 2.57. The van der Waals surface area contributed by atoms with Crippen molar-refractivity contribution in [3.63, 3.8) is 0 Å². The topological polar surface area (TPSA) is 113 Å². The van der Waals surface area contributed by atoms with E-state index in [9.17, 15) is 14.7 Å². The molecule has 1 atom stereocenters. The fourth-order valence-electron chi connectivity index (χ4n) is 3.78. The van der Waals surface area contributed by atoms with Crippen LogP contribution in [0, 0.1) is 5.92 Å². The van der Waals surface area contributed by atoms with Gasteiger partial charge in [-0.25, -0.2) is 19.6 Å². The van der Waals surface area contributed by atoms with Crippen molar-refractivity contribution in [2.24, 2.45) is 5.92 Å². The van der Waals surface area contributed by atoms with E-state index in [1.54, 1.807) is 24.3 Å². The lowest BCUT2D eigenvalue weighted by Crippen LogP contribution is -2.52. The summed E-state index contributed by atoms with van der Waals surface area (Å²) in [5.74, 6) is -2.30. The van der Waals surface area contributed by atoms with E-state index in [4.69, 9.17) is 9.84 Å². The number of piperidine rings is 3. The molecule has 0 radical (unpaired) electrons. The molecule has 27 heavy (non-hydrogen) atoms. The van der Waals surface area contributed by atoms with Gasteiger partial charge in [-0.3, -0.25) is 4.90 Å². The molecule has 2 bridgehead atoms. The summed E-state index contributed by atoms with van der Waals surface area (Å²) in [6.45, 7) is 2.84. The monoisotopic (exact) mass is 369 g/mol. The van der Waals surface area contributed by atoms with Crippen molar-refractivity contribution in [3.8, 4) is 5.88 Å². The maximum Gasteiger partial charge on any atom is 0.338 e. The number of ether oxygens (including phenoxy) is 1. The summed E-state index contributed by atoms with van der Waals surface area (Å²) in [6, 6.07) is 7.02. The second kappa shape index (κ2) is 6.96. The van der Waals surface area contributed by atoms with Gasteiger partial charge in [0, 0.05) is 12.6 Å². The number of carbonyl (C=O) groups is 2. The maximum atomic E-state index is 11.7. The van der Waals surface area contributed by atoms with Gasteiger partial charge in [0.25, 0.3) is 0 Å². The number of para-hydroxylation sites is 2. The quantitative estimate of drug-likeness (QED) is 0.765. The molecule has 0 aliphatic carbocycles. The SMILES string of the molecule is O=C(O)/C=C(/C(=O)O)c1nc2ccccc2nc1OC1CN2CCC1CC2. The Morgan fingerprint density at radius 1 is 1.11 bits per heavy atom. The molecule has 0 spiro atoms. The lowest BCUT2D eigenvalue weighted by atomic mass is 9.86. The minimum absolute atomic E-state index is 0.0555. The fourth-order valence-corrected chi connectivity index (χ4v) is 3.78. The van der Waals surface area contributed by atoms with Crippen LogP contribution in [0.25, 0.3) is 16.6 Å². The molecular weight excluding hydrogens is 350 g/mol. The number of rotatable bonds is 5. The van der Waals surface area contributed by atoms with Crippen LogP contribution in [0.15, 0.2) is 30.3 Å². The van der Waals surface area contributed by atoms with E-state index in [1.165, 1.54) is 0 Å². The number of aromatic nitrogens is 2. The molecule has 1 aromatic heterocycles. The molecule has 3 aliphatic heterocycles. The minimum Gasteiger partial charge on any atom is -0.478 e. The number of nitrogens with zero attached hydrogens (tertiary/aromatic N) is 3. The van der Waals surface area contributed by atoms with Crippen LogP contribution in [0.3, 0.4) is 0 Å². The summed E-state index contributed by atoms with van der Waals surface area (Å²) in [7, 11) is 0. The van der Waals surface area contributed by atoms with Crippen LogP contribution < -0.4 is 4.74 Å². The molecule has 2 N–H and O–H groups in total. The Labute approximate surface area is 155 Å². The van der Waals surface area contributed by atoms with Gasteiger partial charge in [0.15, 0.2) is 0 Å². The van der Waals surface area contributed by atoms with E-state index >= 15 is 0 Å². The lowest BCUT2D eigenvalue weighted by Gasteiger charge is -2.44. The minimum atomic E-state index is -1.39. The van der Waals surface area contributed by atoms with Crippen molar-refractivity contribution in [1.29, 1.82) is 0 Å². The van der Waals surface area contributed by atoms with Crippen molar-refractivity contribution in [3.05, 3.63) is 36.0 Å². The van der Waals surface area contributed by atoms with Crippen molar-refractivity contribution < 1.29 is 24.5 Å². The van der Waals surface area contributed by atoms with E-state index in [0.717, 1.165) is 32.5 Å². The van der Waals surface area contributed by atoms with Crippen LogP contribution in [0.5, 0.6) is 5.88 Å². The lowest BCUT2D eigenvalue weighted by molar-refractivity contribution is -0.133. The molecule has 1 aromatic carbocycles. The molecule has 140 valence electrons. The predicted molar refractivity (Wildman–Crippen MR) is 96.4 cm³/mol. The second-order valence-corrected chi connectivity index (χ2v) is 6.86. The molecule has 2 aromatic rings. The summed E-state index contributed by atoms with van der Waals surface area (Å²) >= 11 is 0. The number of carboxylic acids is 2. The van der Waals surface area contributed by atoms with Crippen LogP contribution in [-0.2, 0) is 9.59 Å². The highest BCUT2D eigenvalue weighted by Crippen LogP contribution is 2.33. The molecule has 0 amide bonds. The van der Waals surface area contributed by atoms with Crippen LogP contribution in [-0.4, -0.2) is 62.8 Å². The first-order valence-corrected chi connectivity index (χ1v) is 8.85. The number of carboxylic acid groups (broad SMARTS) is 2. The Kier molecular flexibility index (Phi) is 4.49. The zero-order chi connectivity index (χ0) is 19.0. The number of hydrogen-bond acceptors (Lipinski definition) is 6. The predicted octanol–water partition coefficient (Wildman–Crippen LogP) is 1.66. The average Bonchev–Trinajstić information content (AvgIpc) is 2.66. The molecule has 5 rings (SSSR count). The Hall–Kier alpha value is -3.00. The summed E-state index contributed by atoms with van der Waals surface area (Å²) in [4.78, 5) is 33.9. The normalized spacial score (nSPS) is 24.7. The van der Waals surface area contributed by atoms with Crippen LogP contribution in [0.4, 0.5) is 0 Å². The van der Waals surface area contributed by atoms with E-state index < -0.39 is 17.5 Å². The van der Waals surface area contributed by atoms with Crippen molar-refractivity contribution in [1.82, 2.24) is 14.9 Å². The van der Waals surface area contributed by atoms with Gasteiger partial charge < -0.3 is 14.9 Å². The van der Waals surface area contributed by atoms with E-state index in [0.29, 0.717) is 23.0 Å². The molecule has 8 nitrogen and oxygen atoms in total. The molecular formula is C19H19N3O5. The number of fused-ring (bicyclic) bond motifs is 4. The molecule has 0 saturated carbocycles. The number of aliphatic carboxylic acids is 2. The highest BCUT2D eigenvalue weighted by molar-refractivity contribution is 6.19. The molecule has 3 fully saturated rings. The van der Waals surface area contributed by atoms with Crippen LogP contribution in [0.1, 0.15) is 18.5 Å². The van der Waals surface area contributed by atoms with Gasteiger partial charge in [-0.15, -0.1) is 0 Å². The number of benzene rings is 1. The maximum absolute atomic E-state index is 11.7. The Morgan fingerprint density at radius 3 is 2.33 bits per heavy atom. The number of hydrogen-bond donors (Lipinski definition) is 2. The summed E-state index contributed by atoms with van der Waals surface area (Å²) in [5.41, 5.74) is 0.543. The largest absolute Gasteiger partial charge is 0.478 e. The first kappa shape index (κ1) is 17.4. The van der Waals surface area contributed by atoms with Crippen LogP contribution >= 0.6 is 0 Å². The standard InChI is InChI=1S/C19H19N3O5/c23-16(24)9-12(19(25)26)17-18(21-14-4-2-1-3-13(14)20-17)27-15-10-22-7-5-11(15)6-8-22/h1-4,9,11,15H,5-8,10H2,(H,23,24)(H,25,26)/b12-9+. The third kappa shape index (κ3) is 3.48. The van der Waals surface area contributed by atoms with Gasteiger partial charge in [0.2, 0.25) is 5.88 Å². The van der Waals surface area contributed by atoms with Gasteiger partial charge in [-0.2, -0.15) is 0 Å². The van der Waals surface area contributed by atoms with Gasteiger partial charge in [-0.05, 0) is 44.0 Å². The highest BCUT2D eigenvalue weighted by Gasteiger charge is 2.36. The first-order valence-electron chi connectivity index (χ1n) is 8.85. The molecule has 3 aliphatic rings.